The van der Waals surface area contributed by atoms with Gasteiger partial charge in [0.1, 0.15) is 11.6 Å². The normalized spacial score (nSPS) is 16.2. The van der Waals surface area contributed by atoms with Crippen LogP contribution in [0.2, 0.25) is 0 Å². The molecule has 1 aliphatic heterocycles. The molecule has 0 aliphatic carbocycles. The molecule has 3 N–H and O–H groups in total. The lowest BCUT2D eigenvalue weighted by molar-refractivity contribution is -0.141. The lowest BCUT2D eigenvalue weighted by atomic mass is 9.71. The largest absolute Gasteiger partial charge is 0.497 e. The first-order valence-corrected chi connectivity index (χ1v) is 14.1. The highest BCUT2D eigenvalue weighted by molar-refractivity contribution is 7.99. The molecule has 1 unspecified atom stereocenters. The fourth-order valence-corrected chi connectivity index (χ4v) is 6.47. The van der Waals surface area contributed by atoms with E-state index < -0.39 is 34.9 Å². The molecule has 2 aromatic carbocycles. The van der Waals surface area contributed by atoms with E-state index in [2.05, 4.69) is 9.88 Å². The summed E-state index contributed by atoms with van der Waals surface area (Å²) in [5.74, 6) is -2.99. The SMILES string of the molecule is COc1ccc2ncc(CO)c(C(O)CCC3(CC(=O)O)CCN(CCSc4cc(F)cc(F)c4F)CC3)c2c1. The van der Waals surface area contributed by atoms with Gasteiger partial charge in [-0.05, 0) is 74.0 Å². The number of thioether (sulfide) groups is 1. The van der Waals surface area contributed by atoms with Crippen LogP contribution in [0.4, 0.5) is 13.2 Å². The van der Waals surface area contributed by atoms with Gasteiger partial charge < -0.3 is 25.0 Å². The van der Waals surface area contributed by atoms with Crippen LogP contribution in [0.1, 0.15) is 49.3 Å². The number of piperidine rings is 1. The molecule has 0 bridgehead atoms. The minimum atomic E-state index is -1.22. The number of likely N-dealkylation sites (tertiary alicyclic amines) is 1. The Morgan fingerprint density at radius 3 is 2.62 bits per heavy atom. The molecule has 0 amide bonds. The fourth-order valence-electron chi connectivity index (χ4n) is 5.48. The smallest absolute Gasteiger partial charge is 0.303 e. The number of fused-ring (bicyclic) bond motifs is 1. The number of methoxy groups -OCH3 is 1. The van der Waals surface area contributed by atoms with Crippen LogP contribution in [0.3, 0.4) is 0 Å². The summed E-state index contributed by atoms with van der Waals surface area (Å²) < 4.78 is 46.2. The molecule has 0 spiro atoms. The van der Waals surface area contributed by atoms with Crippen LogP contribution < -0.4 is 4.74 Å². The molecule has 11 heteroatoms. The van der Waals surface area contributed by atoms with Gasteiger partial charge in [-0.25, -0.2) is 13.2 Å². The Hall–Kier alpha value is -2.86. The zero-order chi connectivity index (χ0) is 28.9. The van der Waals surface area contributed by atoms with E-state index >= 15 is 0 Å². The van der Waals surface area contributed by atoms with Crippen molar-refractivity contribution in [2.75, 3.05) is 32.5 Å². The number of nitrogens with zero attached hydrogens (tertiary/aromatic N) is 2. The average Bonchev–Trinajstić information content (AvgIpc) is 2.94. The maximum Gasteiger partial charge on any atom is 0.303 e. The molecule has 7 nitrogen and oxygen atoms in total. The lowest BCUT2D eigenvalue weighted by Crippen LogP contribution is -2.42. The fraction of sp³-hybridized carbons (Fsp3) is 0.448. The summed E-state index contributed by atoms with van der Waals surface area (Å²) in [6.45, 7) is 1.48. The van der Waals surface area contributed by atoms with Gasteiger partial charge in [-0.15, -0.1) is 11.8 Å². The number of carboxylic acid groups (broad SMARTS) is 1. The molecule has 0 saturated carbocycles. The van der Waals surface area contributed by atoms with Crippen LogP contribution in [0.15, 0.2) is 41.4 Å². The minimum Gasteiger partial charge on any atom is -0.497 e. The number of carboxylic acids is 1. The van der Waals surface area contributed by atoms with Crippen molar-refractivity contribution in [3.8, 4) is 5.75 Å². The van der Waals surface area contributed by atoms with Crippen molar-refractivity contribution in [1.82, 2.24) is 9.88 Å². The number of carbonyl (C=O) groups is 1. The Morgan fingerprint density at radius 2 is 1.95 bits per heavy atom. The van der Waals surface area contributed by atoms with Crippen molar-refractivity contribution in [2.24, 2.45) is 5.41 Å². The minimum absolute atomic E-state index is 0.0339. The highest BCUT2D eigenvalue weighted by atomic mass is 32.2. The summed E-state index contributed by atoms with van der Waals surface area (Å²) in [6, 6.07) is 6.82. The zero-order valence-electron chi connectivity index (χ0n) is 22.2. The molecular weight excluding hydrogens is 545 g/mol. The van der Waals surface area contributed by atoms with Crippen LogP contribution in [-0.2, 0) is 11.4 Å². The van der Waals surface area contributed by atoms with Gasteiger partial charge in [0.2, 0.25) is 0 Å². The maximum absolute atomic E-state index is 13.9. The van der Waals surface area contributed by atoms with Crippen molar-refractivity contribution in [2.45, 2.75) is 49.7 Å². The van der Waals surface area contributed by atoms with Crippen molar-refractivity contribution >= 4 is 28.6 Å². The van der Waals surface area contributed by atoms with Gasteiger partial charge in [0, 0.05) is 40.4 Å². The second kappa shape index (κ2) is 13.2. The number of aliphatic hydroxyl groups is 2. The summed E-state index contributed by atoms with van der Waals surface area (Å²) >= 11 is 1.04. The molecule has 1 fully saturated rings. The van der Waals surface area contributed by atoms with Gasteiger partial charge in [0.15, 0.2) is 11.6 Å². The Kier molecular flexibility index (Phi) is 9.94. The van der Waals surface area contributed by atoms with Gasteiger partial charge >= 0.3 is 5.97 Å². The third-order valence-corrected chi connectivity index (χ3v) is 8.71. The number of hydrogen-bond acceptors (Lipinski definition) is 7. The first-order valence-electron chi connectivity index (χ1n) is 13.1. The Morgan fingerprint density at radius 1 is 1.20 bits per heavy atom. The molecule has 1 atom stereocenters. The van der Waals surface area contributed by atoms with E-state index in [-0.39, 0.29) is 17.9 Å². The molecular formula is C29H33F3N2O5S. The average molecular weight is 579 g/mol. The number of rotatable bonds is 12. The molecule has 3 aromatic rings. The number of aromatic nitrogens is 1. The third kappa shape index (κ3) is 7.06. The summed E-state index contributed by atoms with van der Waals surface area (Å²) in [5, 5.41) is 31.6. The Balaban J connectivity index is 1.41. The van der Waals surface area contributed by atoms with Crippen molar-refractivity contribution in [3.63, 3.8) is 0 Å². The number of benzene rings is 2. The lowest BCUT2D eigenvalue weighted by Gasteiger charge is -2.41. The summed E-state index contributed by atoms with van der Waals surface area (Å²) in [4.78, 5) is 18.2. The first-order chi connectivity index (χ1) is 19.1. The van der Waals surface area contributed by atoms with Crippen molar-refractivity contribution in [3.05, 3.63) is 65.1 Å². The maximum atomic E-state index is 13.9. The zero-order valence-corrected chi connectivity index (χ0v) is 23.0. The summed E-state index contributed by atoms with van der Waals surface area (Å²) in [6.07, 6.45) is 2.53. The quantitative estimate of drug-likeness (QED) is 0.196. The number of hydrogen-bond donors (Lipinski definition) is 3. The van der Waals surface area contributed by atoms with Crippen LogP contribution >= 0.6 is 11.8 Å². The second-order valence-electron chi connectivity index (χ2n) is 10.3. The molecule has 1 aromatic heterocycles. The highest BCUT2D eigenvalue weighted by Gasteiger charge is 2.37. The number of pyridine rings is 1. The summed E-state index contributed by atoms with van der Waals surface area (Å²) in [7, 11) is 1.54. The topological polar surface area (TPSA) is 103 Å². The molecule has 216 valence electrons. The Bertz CT molecular complexity index is 1350. The predicted octanol–water partition coefficient (Wildman–Crippen LogP) is 5.32. The highest BCUT2D eigenvalue weighted by Crippen LogP contribution is 2.42. The molecule has 1 saturated heterocycles. The predicted molar refractivity (Wildman–Crippen MR) is 146 cm³/mol. The van der Waals surface area contributed by atoms with Gasteiger partial charge in [-0.1, -0.05) is 0 Å². The van der Waals surface area contributed by atoms with Gasteiger partial charge in [0.25, 0.3) is 0 Å². The van der Waals surface area contributed by atoms with E-state index in [9.17, 15) is 33.3 Å². The standard InChI is InChI=1S/C29H33F3N2O5S/c1-39-20-2-3-23-21(14-20)27(18(17-35)16-33-23)24(36)4-5-29(15-26(37)38)6-8-34(9-7-29)10-11-40-25-13-19(30)12-22(31)28(25)32/h2-3,12-14,16,24,35-36H,4-11,15,17H2,1H3,(H,37,38). The van der Waals surface area contributed by atoms with E-state index in [1.807, 2.05) is 0 Å². The van der Waals surface area contributed by atoms with E-state index in [0.29, 0.717) is 84.9 Å². The van der Waals surface area contributed by atoms with E-state index in [0.717, 1.165) is 17.8 Å². The molecule has 40 heavy (non-hydrogen) atoms. The number of ether oxygens (including phenoxy) is 1. The first kappa shape index (κ1) is 30.1. The van der Waals surface area contributed by atoms with Crippen LogP contribution in [0.25, 0.3) is 10.9 Å². The number of aliphatic hydroxyl groups excluding tert-OH is 2. The molecule has 1 aliphatic rings. The molecule has 2 heterocycles. The monoisotopic (exact) mass is 578 g/mol. The number of aliphatic carboxylic acids is 1. The third-order valence-electron chi connectivity index (χ3n) is 7.72. The van der Waals surface area contributed by atoms with Crippen LogP contribution in [-0.4, -0.2) is 63.7 Å². The molecule has 4 rings (SSSR count). The summed E-state index contributed by atoms with van der Waals surface area (Å²) in [5.41, 5.74) is 1.20. The Labute approximate surface area is 235 Å². The van der Waals surface area contributed by atoms with Gasteiger partial charge in [-0.3, -0.25) is 9.78 Å². The molecule has 0 radical (unpaired) electrons. The van der Waals surface area contributed by atoms with Crippen LogP contribution in [0, 0.1) is 22.9 Å². The van der Waals surface area contributed by atoms with E-state index in [4.69, 9.17) is 4.74 Å². The van der Waals surface area contributed by atoms with Crippen LogP contribution in [0.5, 0.6) is 5.75 Å². The van der Waals surface area contributed by atoms with Crippen molar-refractivity contribution in [1.29, 1.82) is 0 Å². The van der Waals surface area contributed by atoms with Gasteiger partial charge in [-0.2, -0.15) is 0 Å². The van der Waals surface area contributed by atoms with E-state index in [1.165, 1.54) is 0 Å². The second-order valence-corrected chi connectivity index (χ2v) is 11.4. The van der Waals surface area contributed by atoms with E-state index in [1.54, 1.807) is 31.5 Å². The number of halogens is 3. The van der Waals surface area contributed by atoms with Gasteiger partial charge in [0.05, 0.1) is 31.8 Å². The van der Waals surface area contributed by atoms with Crippen molar-refractivity contribution < 1.29 is 38.0 Å².